The molecule has 0 fully saturated rings. The van der Waals surface area contributed by atoms with E-state index in [9.17, 15) is 9.59 Å². The van der Waals surface area contributed by atoms with E-state index in [1.54, 1.807) is 35.9 Å². The fourth-order valence-corrected chi connectivity index (χ4v) is 3.22. The number of carbonyl (C=O) groups excluding carboxylic acids is 2. The van der Waals surface area contributed by atoms with E-state index in [2.05, 4.69) is 5.10 Å². The van der Waals surface area contributed by atoms with E-state index < -0.39 is 11.9 Å². The number of aromatic nitrogens is 2. The highest BCUT2D eigenvalue weighted by Gasteiger charge is 2.29. The summed E-state index contributed by atoms with van der Waals surface area (Å²) in [6.45, 7) is 2.25. The lowest BCUT2D eigenvalue weighted by Gasteiger charge is -2.19. The van der Waals surface area contributed by atoms with Gasteiger partial charge < -0.3 is 14.2 Å². The van der Waals surface area contributed by atoms with E-state index in [4.69, 9.17) is 14.2 Å². The monoisotopic (exact) mass is 378 g/mol. The minimum Gasteiger partial charge on any atom is -0.485 e. The smallest absolute Gasteiger partial charge is 0.359 e. The topological polar surface area (TPSA) is 79.7 Å². The van der Waals surface area contributed by atoms with Crippen molar-refractivity contribution >= 4 is 11.9 Å². The molecule has 0 saturated carbocycles. The zero-order chi connectivity index (χ0) is 19.7. The number of methoxy groups -OCH3 is 1. The molecule has 7 nitrogen and oxygen atoms in total. The number of ether oxygens (including phenoxy) is 3. The van der Waals surface area contributed by atoms with Crippen molar-refractivity contribution in [1.29, 1.82) is 0 Å². The van der Waals surface area contributed by atoms with E-state index in [0.717, 1.165) is 16.9 Å². The Hall–Kier alpha value is -3.61. The average Bonchev–Trinajstić information content (AvgIpc) is 3.13. The van der Waals surface area contributed by atoms with Crippen LogP contribution in [-0.4, -0.2) is 35.4 Å². The molecule has 4 rings (SSSR count). The van der Waals surface area contributed by atoms with Gasteiger partial charge in [0, 0.05) is 5.56 Å². The third-order valence-corrected chi connectivity index (χ3v) is 4.50. The van der Waals surface area contributed by atoms with E-state index in [1.165, 1.54) is 7.11 Å². The lowest BCUT2D eigenvalue weighted by molar-refractivity contribution is 0.0518. The third-order valence-electron chi connectivity index (χ3n) is 4.50. The standard InChI is InChI=1S/C21H18N2O5/c1-3-27-21(25)19-18(13-8-10-14(11-9-13)20(24)26-2)16-12-28-17-7-5-4-6-15(17)23(16)22-19/h4-11H,3,12H2,1-2H3. The summed E-state index contributed by atoms with van der Waals surface area (Å²) in [5.74, 6) is -0.235. The fourth-order valence-electron chi connectivity index (χ4n) is 3.22. The normalized spacial score (nSPS) is 11.8. The van der Waals surface area contributed by atoms with E-state index >= 15 is 0 Å². The number of carbonyl (C=O) groups is 2. The molecule has 1 aliphatic rings. The third kappa shape index (κ3) is 2.90. The SMILES string of the molecule is CCOC(=O)c1nn2c(c1-c1ccc(C(=O)OC)cc1)COc1ccccc1-2. The van der Waals surface area contributed by atoms with Crippen molar-refractivity contribution in [3.05, 3.63) is 65.5 Å². The molecule has 0 N–H and O–H groups in total. The predicted octanol–water partition coefficient (Wildman–Crippen LogP) is 3.40. The maximum absolute atomic E-state index is 12.6. The molecule has 0 radical (unpaired) electrons. The molecule has 0 amide bonds. The molecule has 28 heavy (non-hydrogen) atoms. The second-order valence-corrected chi connectivity index (χ2v) is 6.13. The van der Waals surface area contributed by atoms with E-state index in [1.807, 2.05) is 24.3 Å². The highest BCUT2D eigenvalue weighted by Crippen LogP contribution is 2.36. The van der Waals surface area contributed by atoms with Crippen molar-refractivity contribution < 1.29 is 23.8 Å². The summed E-state index contributed by atoms with van der Waals surface area (Å²) in [7, 11) is 1.33. The van der Waals surface area contributed by atoms with Crippen LogP contribution in [0.3, 0.4) is 0 Å². The Balaban J connectivity index is 1.88. The molecule has 0 bridgehead atoms. The molecule has 142 valence electrons. The van der Waals surface area contributed by atoms with Crippen molar-refractivity contribution in [1.82, 2.24) is 9.78 Å². The van der Waals surface area contributed by atoms with Crippen LogP contribution in [0.4, 0.5) is 0 Å². The number of esters is 2. The van der Waals surface area contributed by atoms with Gasteiger partial charge in [-0.05, 0) is 36.8 Å². The van der Waals surface area contributed by atoms with Crippen molar-refractivity contribution in [2.75, 3.05) is 13.7 Å². The van der Waals surface area contributed by atoms with Crippen LogP contribution in [0, 0.1) is 0 Å². The zero-order valence-electron chi connectivity index (χ0n) is 15.5. The lowest BCUT2D eigenvalue weighted by Crippen LogP contribution is -2.13. The molecule has 3 aromatic rings. The molecule has 0 spiro atoms. The number of rotatable bonds is 4. The second-order valence-electron chi connectivity index (χ2n) is 6.13. The summed E-state index contributed by atoms with van der Waals surface area (Å²) in [4.78, 5) is 24.3. The lowest BCUT2D eigenvalue weighted by atomic mass is 10.0. The summed E-state index contributed by atoms with van der Waals surface area (Å²) in [5, 5.41) is 4.53. The maximum Gasteiger partial charge on any atom is 0.359 e. The molecule has 2 aromatic carbocycles. The van der Waals surface area contributed by atoms with Gasteiger partial charge in [0.2, 0.25) is 0 Å². The molecule has 1 aromatic heterocycles. The molecule has 0 unspecified atom stereocenters. The first-order valence-corrected chi connectivity index (χ1v) is 8.84. The van der Waals surface area contributed by atoms with Crippen molar-refractivity contribution in [2.24, 2.45) is 0 Å². The summed E-state index contributed by atoms with van der Waals surface area (Å²) < 4.78 is 17.5. The van der Waals surface area contributed by atoms with Gasteiger partial charge >= 0.3 is 11.9 Å². The fraction of sp³-hybridized carbons (Fsp3) is 0.190. The summed E-state index contributed by atoms with van der Waals surface area (Å²) in [5.41, 5.74) is 3.50. The first-order chi connectivity index (χ1) is 13.6. The van der Waals surface area contributed by atoms with E-state index in [0.29, 0.717) is 16.9 Å². The number of benzene rings is 2. The van der Waals surface area contributed by atoms with Crippen LogP contribution in [0.2, 0.25) is 0 Å². The number of nitrogens with zero attached hydrogens (tertiary/aromatic N) is 2. The van der Waals surface area contributed by atoms with Gasteiger partial charge in [-0.3, -0.25) is 0 Å². The van der Waals surface area contributed by atoms with Crippen LogP contribution in [0.5, 0.6) is 5.75 Å². The predicted molar refractivity (Wildman–Crippen MR) is 101 cm³/mol. The maximum atomic E-state index is 12.6. The van der Waals surface area contributed by atoms with Crippen LogP contribution >= 0.6 is 0 Å². The number of hydrogen-bond acceptors (Lipinski definition) is 6. The first-order valence-electron chi connectivity index (χ1n) is 8.84. The van der Waals surface area contributed by atoms with Crippen LogP contribution in [0.25, 0.3) is 16.8 Å². The van der Waals surface area contributed by atoms with Crippen molar-refractivity contribution in [3.8, 4) is 22.6 Å². The number of hydrogen-bond donors (Lipinski definition) is 0. The Kier molecular flexibility index (Phi) is 4.57. The summed E-state index contributed by atoms with van der Waals surface area (Å²) >= 11 is 0. The second kappa shape index (κ2) is 7.19. The zero-order valence-corrected chi connectivity index (χ0v) is 15.5. The molecule has 2 heterocycles. The molecule has 0 aliphatic carbocycles. The Morgan fingerprint density at radius 3 is 2.57 bits per heavy atom. The number of fused-ring (bicyclic) bond motifs is 3. The first kappa shape index (κ1) is 17.8. The Bertz CT molecular complexity index is 1050. The Morgan fingerprint density at radius 1 is 1.11 bits per heavy atom. The molecule has 1 aliphatic heterocycles. The quantitative estimate of drug-likeness (QED) is 0.648. The van der Waals surface area contributed by atoms with Crippen LogP contribution < -0.4 is 4.74 Å². The minimum absolute atomic E-state index is 0.211. The Morgan fingerprint density at radius 2 is 1.86 bits per heavy atom. The van der Waals surface area contributed by atoms with Gasteiger partial charge in [0.1, 0.15) is 18.0 Å². The van der Waals surface area contributed by atoms with Gasteiger partial charge in [-0.25, -0.2) is 14.3 Å². The summed E-state index contributed by atoms with van der Waals surface area (Å²) in [6, 6.07) is 14.3. The van der Waals surface area contributed by atoms with Crippen molar-refractivity contribution in [3.63, 3.8) is 0 Å². The van der Waals surface area contributed by atoms with Crippen LogP contribution in [0.15, 0.2) is 48.5 Å². The molecule has 0 saturated heterocycles. The Labute approximate surface area is 161 Å². The minimum atomic E-state index is -0.506. The van der Waals surface area contributed by atoms with Crippen molar-refractivity contribution in [2.45, 2.75) is 13.5 Å². The molecule has 0 atom stereocenters. The molecular formula is C21H18N2O5. The highest BCUT2D eigenvalue weighted by atomic mass is 16.5. The van der Waals surface area contributed by atoms with Gasteiger partial charge in [0.25, 0.3) is 0 Å². The van der Waals surface area contributed by atoms with Gasteiger partial charge in [0.05, 0.1) is 25.0 Å². The molecule has 7 heteroatoms. The van der Waals surface area contributed by atoms with Crippen LogP contribution in [-0.2, 0) is 16.1 Å². The van der Waals surface area contributed by atoms with Crippen LogP contribution in [0.1, 0.15) is 33.5 Å². The van der Waals surface area contributed by atoms with Gasteiger partial charge in [-0.1, -0.05) is 24.3 Å². The van der Waals surface area contributed by atoms with Gasteiger partial charge in [-0.15, -0.1) is 0 Å². The highest BCUT2D eigenvalue weighted by molar-refractivity contribution is 5.97. The summed E-state index contributed by atoms with van der Waals surface area (Å²) in [6.07, 6.45) is 0. The van der Waals surface area contributed by atoms with E-state index in [-0.39, 0.29) is 18.9 Å². The number of para-hydroxylation sites is 2. The van der Waals surface area contributed by atoms with Gasteiger partial charge in [0.15, 0.2) is 5.69 Å². The largest absolute Gasteiger partial charge is 0.485 e. The van der Waals surface area contributed by atoms with Gasteiger partial charge in [-0.2, -0.15) is 5.10 Å². The average molecular weight is 378 g/mol. The molecular weight excluding hydrogens is 360 g/mol.